The van der Waals surface area contributed by atoms with Crippen LogP contribution < -0.4 is 22.1 Å². The molecule has 10 nitrogen and oxygen atoms in total. The molecule has 2 atom stereocenters. The van der Waals surface area contributed by atoms with E-state index in [9.17, 15) is 14.4 Å². The Morgan fingerprint density at radius 3 is 2.21 bits per heavy atom. The summed E-state index contributed by atoms with van der Waals surface area (Å²) in [5, 5.41) is 5.46. The number of alkyl carbamates (subject to hydrolysis) is 1. The molecule has 0 rings (SSSR count). The van der Waals surface area contributed by atoms with Crippen LogP contribution in [0.1, 0.15) is 54.4 Å². The number of amides is 2. The van der Waals surface area contributed by atoms with Crippen molar-refractivity contribution in [1.82, 2.24) is 10.6 Å². The fourth-order valence-electron chi connectivity index (χ4n) is 2.79. The van der Waals surface area contributed by atoms with Crippen LogP contribution in [0.25, 0.3) is 0 Å². The van der Waals surface area contributed by atoms with Crippen LogP contribution in [0.15, 0.2) is 0 Å². The SMILES string of the molecule is CCOC(=O)C(NC(=O)C(C)(C)OCN)C(C)CC(C)(C)NC(=O)OCCCN. The Hall–Kier alpha value is -1.91. The van der Waals surface area contributed by atoms with E-state index in [1.54, 1.807) is 41.5 Å². The lowest BCUT2D eigenvalue weighted by atomic mass is 9.86. The summed E-state index contributed by atoms with van der Waals surface area (Å²) in [5.74, 6) is -1.40. The average Bonchev–Trinajstić information content (AvgIpc) is 2.58. The summed E-state index contributed by atoms with van der Waals surface area (Å²) in [6, 6.07) is -0.919. The maximum atomic E-state index is 12.6. The van der Waals surface area contributed by atoms with Crippen molar-refractivity contribution in [3.05, 3.63) is 0 Å². The predicted molar refractivity (Wildman–Crippen MR) is 109 cm³/mol. The Kier molecular flexibility index (Phi) is 11.8. The first-order valence-corrected chi connectivity index (χ1v) is 9.86. The minimum absolute atomic E-state index is 0.136. The molecule has 0 radical (unpaired) electrons. The second kappa shape index (κ2) is 12.6. The number of nitrogens with two attached hydrogens (primary N) is 2. The maximum absolute atomic E-state index is 12.6. The molecule has 0 saturated heterocycles. The average molecular weight is 419 g/mol. The number of hydrogen-bond acceptors (Lipinski definition) is 8. The number of rotatable bonds is 13. The first kappa shape index (κ1) is 27.1. The Bertz CT molecular complexity index is 539. The van der Waals surface area contributed by atoms with Crippen LogP contribution in [0.2, 0.25) is 0 Å². The monoisotopic (exact) mass is 418 g/mol. The fraction of sp³-hybridized carbons (Fsp3) is 0.842. The molecular formula is C19H38N4O6. The molecule has 0 aromatic rings. The minimum Gasteiger partial charge on any atom is -0.464 e. The lowest BCUT2D eigenvalue weighted by Crippen LogP contribution is -2.55. The van der Waals surface area contributed by atoms with Crippen LogP contribution in [0.4, 0.5) is 4.79 Å². The van der Waals surface area contributed by atoms with Gasteiger partial charge in [-0.15, -0.1) is 0 Å². The number of ether oxygens (including phenoxy) is 3. The molecule has 0 aromatic carbocycles. The Balaban J connectivity index is 5.15. The maximum Gasteiger partial charge on any atom is 0.407 e. The molecule has 0 aromatic heterocycles. The topological polar surface area (TPSA) is 155 Å². The lowest BCUT2D eigenvalue weighted by molar-refractivity contribution is -0.153. The van der Waals surface area contributed by atoms with Crippen LogP contribution in [0, 0.1) is 5.92 Å². The highest BCUT2D eigenvalue weighted by atomic mass is 16.5. The Labute approximate surface area is 173 Å². The van der Waals surface area contributed by atoms with Gasteiger partial charge in [-0.2, -0.15) is 0 Å². The van der Waals surface area contributed by atoms with E-state index in [-0.39, 0.29) is 25.9 Å². The highest BCUT2D eigenvalue weighted by Crippen LogP contribution is 2.21. The molecule has 0 aliphatic heterocycles. The van der Waals surface area contributed by atoms with Crippen molar-refractivity contribution in [2.75, 3.05) is 26.5 Å². The van der Waals surface area contributed by atoms with Crippen LogP contribution >= 0.6 is 0 Å². The largest absolute Gasteiger partial charge is 0.464 e. The summed E-state index contributed by atoms with van der Waals surface area (Å²) in [6.07, 6.45) is 0.382. The van der Waals surface area contributed by atoms with Crippen LogP contribution in [-0.2, 0) is 23.8 Å². The molecule has 0 saturated carbocycles. The van der Waals surface area contributed by atoms with Gasteiger partial charge in [0.25, 0.3) is 5.91 Å². The molecular weight excluding hydrogens is 380 g/mol. The summed E-state index contributed by atoms with van der Waals surface area (Å²) in [4.78, 5) is 37.0. The van der Waals surface area contributed by atoms with E-state index in [0.717, 1.165) is 0 Å². The van der Waals surface area contributed by atoms with E-state index in [1.165, 1.54) is 0 Å². The van der Waals surface area contributed by atoms with Gasteiger partial charge >= 0.3 is 12.1 Å². The third-order valence-corrected chi connectivity index (χ3v) is 4.24. The van der Waals surface area contributed by atoms with Gasteiger partial charge in [-0.1, -0.05) is 6.92 Å². The van der Waals surface area contributed by atoms with Crippen molar-refractivity contribution in [2.24, 2.45) is 17.4 Å². The molecule has 0 fully saturated rings. The number of hydrogen-bond donors (Lipinski definition) is 4. The Morgan fingerprint density at radius 1 is 1.07 bits per heavy atom. The zero-order valence-electron chi connectivity index (χ0n) is 18.5. The van der Waals surface area contributed by atoms with Gasteiger partial charge in [-0.3, -0.25) is 4.79 Å². The summed E-state index contributed by atoms with van der Waals surface area (Å²) < 4.78 is 15.4. The van der Waals surface area contributed by atoms with E-state index >= 15 is 0 Å². The second-order valence-corrected chi connectivity index (χ2v) is 7.99. The first-order valence-electron chi connectivity index (χ1n) is 9.86. The summed E-state index contributed by atoms with van der Waals surface area (Å²) >= 11 is 0. The van der Waals surface area contributed by atoms with Crippen molar-refractivity contribution < 1.29 is 28.6 Å². The molecule has 0 aliphatic carbocycles. The molecule has 6 N–H and O–H groups in total. The van der Waals surface area contributed by atoms with Gasteiger partial charge in [-0.05, 0) is 59.9 Å². The van der Waals surface area contributed by atoms with Gasteiger partial charge in [-0.25, -0.2) is 9.59 Å². The smallest absolute Gasteiger partial charge is 0.407 e. The minimum atomic E-state index is -1.21. The molecule has 0 bridgehead atoms. The summed E-state index contributed by atoms with van der Waals surface area (Å²) in [5.41, 5.74) is 8.84. The van der Waals surface area contributed by atoms with Crippen molar-refractivity contribution in [3.63, 3.8) is 0 Å². The van der Waals surface area contributed by atoms with E-state index in [1.807, 2.05) is 0 Å². The van der Waals surface area contributed by atoms with Crippen molar-refractivity contribution in [1.29, 1.82) is 0 Å². The molecule has 10 heteroatoms. The van der Waals surface area contributed by atoms with E-state index in [2.05, 4.69) is 10.6 Å². The van der Waals surface area contributed by atoms with E-state index < -0.39 is 35.2 Å². The summed E-state index contributed by atoms with van der Waals surface area (Å²) in [6.45, 7) is 10.9. The van der Waals surface area contributed by atoms with Gasteiger partial charge in [0.05, 0.1) is 19.9 Å². The third kappa shape index (κ3) is 10.4. The zero-order chi connectivity index (χ0) is 22.7. The van der Waals surface area contributed by atoms with Crippen molar-refractivity contribution in [3.8, 4) is 0 Å². The van der Waals surface area contributed by atoms with Crippen LogP contribution in [0.5, 0.6) is 0 Å². The molecule has 0 aliphatic rings. The van der Waals surface area contributed by atoms with Gasteiger partial charge < -0.3 is 36.3 Å². The van der Waals surface area contributed by atoms with Gasteiger partial charge in [0.2, 0.25) is 0 Å². The number of carbonyl (C=O) groups excluding carboxylic acids is 3. The standard InChI is InChI=1S/C19H38N4O6/c1-7-27-15(24)14(22-16(25)19(5,6)29-12-21)13(2)11-18(3,4)23-17(26)28-10-8-9-20/h13-14H,7-12,20-21H2,1-6H3,(H,22,25)(H,23,26). The number of esters is 1. The predicted octanol–water partition coefficient (Wildman–Crippen LogP) is 0.626. The zero-order valence-corrected chi connectivity index (χ0v) is 18.5. The summed E-state index contributed by atoms with van der Waals surface area (Å²) in [7, 11) is 0. The molecule has 0 spiro atoms. The van der Waals surface area contributed by atoms with Crippen LogP contribution in [-0.4, -0.2) is 61.6 Å². The number of nitrogens with one attached hydrogen (secondary N) is 2. The third-order valence-electron chi connectivity index (χ3n) is 4.24. The van der Waals surface area contributed by atoms with Crippen molar-refractivity contribution in [2.45, 2.75) is 71.6 Å². The van der Waals surface area contributed by atoms with Gasteiger partial charge in [0.1, 0.15) is 11.6 Å². The highest BCUT2D eigenvalue weighted by molar-refractivity contribution is 5.89. The fourth-order valence-corrected chi connectivity index (χ4v) is 2.79. The van der Waals surface area contributed by atoms with E-state index in [4.69, 9.17) is 25.7 Å². The van der Waals surface area contributed by atoms with Gasteiger partial charge in [0, 0.05) is 5.54 Å². The first-order chi connectivity index (χ1) is 13.4. The highest BCUT2D eigenvalue weighted by Gasteiger charge is 2.37. The molecule has 2 unspecified atom stereocenters. The van der Waals surface area contributed by atoms with Gasteiger partial charge in [0.15, 0.2) is 0 Å². The Morgan fingerprint density at radius 2 is 1.69 bits per heavy atom. The normalized spacial score (nSPS) is 13.9. The second-order valence-electron chi connectivity index (χ2n) is 7.99. The quantitative estimate of drug-likeness (QED) is 0.193. The van der Waals surface area contributed by atoms with Crippen LogP contribution in [0.3, 0.4) is 0 Å². The number of carbonyl (C=O) groups is 3. The molecule has 0 heterocycles. The molecule has 2 amide bonds. The molecule has 29 heavy (non-hydrogen) atoms. The van der Waals surface area contributed by atoms with E-state index in [0.29, 0.717) is 19.4 Å². The lowest BCUT2D eigenvalue weighted by Gasteiger charge is -2.33. The molecule has 170 valence electrons. The van der Waals surface area contributed by atoms with Crippen molar-refractivity contribution >= 4 is 18.0 Å².